The highest BCUT2D eigenvalue weighted by atomic mass is 35.5. The first-order valence-electron chi connectivity index (χ1n) is 10.5. The van der Waals surface area contributed by atoms with E-state index in [-0.39, 0.29) is 18.9 Å². The molecule has 0 unspecified atom stereocenters. The minimum Gasteiger partial charge on any atom is -0.383 e. The summed E-state index contributed by atoms with van der Waals surface area (Å²) in [5.74, 6) is 0.244. The van der Waals surface area contributed by atoms with Crippen LogP contribution in [-0.4, -0.2) is 54.7 Å². The molecular formula is C21H18ClF3N8O. The van der Waals surface area contributed by atoms with Gasteiger partial charge < -0.3 is 25.5 Å². The van der Waals surface area contributed by atoms with Crippen LogP contribution in [0.3, 0.4) is 0 Å². The van der Waals surface area contributed by atoms with Gasteiger partial charge in [-0.3, -0.25) is 0 Å². The number of amides is 2. The van der Waals surface area contributed by atoms with Crippen molar-refractivity contribution in [1.82, 2.24) is 34.7 Å². The van der Waals surface area contributed by atoms with E-state index in [1.54, 1.807) is 12.3 Å². The summed E-state index contributed by atoms with van der Waals surface area (Å²) < 4.78 is 40.2. The van der Waals surface area contributed by atoms with E-state index < -0.39 is 24.3 Å². The number of alkyl halides is 3. The van der Waals surface area contributed by atoms with E-state index in [0.29, 0.717) is 44.0 Å². The Hall–Kier alpha value is -3.54. The highest BCUT2D eigenvalue weighted by Gasteiger charge is 2.52. The number of fused-ring (bicyclic) bond motifs is 5. The second kappa shape index (κ2) is 6.98. The number of anilines is 1. The number of nitrogens with zero attached hydrogens (tertiary/aromatic N) is 5. The van der Waals surface area contributed by atoms with E-state index >= 15 is 0 Å². The zero-order valence-electron chi connectivity index (χ0n) is 17.6. The molecule has 5 heterocycles. The maximum Gasteiger partial charge on any atom is 0.405 e. The van der Waals surface area contributed by atoms with Crippen molar-refractivity contribution in [3.05, 3.63) is 35.4 Å². The van der Waals surface area contributed by atoms with E-state index in [1.807, 2.05) is 11.4 Å². The molecule has 13 heteroatoms. The number of aromatic nitrogens is 5. The predicted octanol–water partition coefficient (Wildman–Crippen LogP) is 3.79. The Morgan fingerprint density at radius 2 is 2.09 bits per heavy atom. The molecule has 1 spiro atoms. The zero-order chi connectivity index (χ0) is 23.8. The number of hydrogen-bond donors (Lipinski definition) is 3. The van der Waals surface area contributed by atoms with E-state index in [1.165, 1.54) is 11.2 Å². The molecule has 0 atom stereocenters. The fraction of sp³-hybridized carbons (Fsp3) is 0.333. The summed E-state index contributed by atoms with van der Waals surface area (Å²) in [5.41, 5.74) is 8.84. The van der Waals surface area contributed by atoms with Crippen LogP contribution in [0.4, 0.5) is 23.8 Å². The molecule has 0 saturated heterocycles. The van der Waals surface area contributed by atoms with Crippen LogP contribution in [0.1, 0.15) is 18.5 Å². The van der Waals surface area contributed by atoms with Gasteiger partial charge >= 0.3 is 12.2 Å². The topological polar surface area (TPSA) is 118 Å². The van der Waals surface area contributed by atoms with Crippen molar-refractivity contribution in [2.45, 2.75) is 31.1 Å². The molecule has 0 aromatic carbocycles. The third-order valence-corrected chi connectivity index (χ3v) is 6.88. The average molecular weight is 491 g/mol. The molecule has 6 rings (SSSR count). The maximum absolute atomic E-state index is 12.7. The van der Waals surface area contributed by atoms with Crippen molar-refractivity contribution in [2.75, 3.05) is 18.8 Å². The lowest BCUT2D eigenvalue weighted by atomic mass is 10.1. The first-order chi connectivity index (χ1) is 16.2. The van der Waals surface area contributed by atoms with Gasteiger partial charge in [0.05, 0.1) is 28.2 Å². The van der Waals surface area contributed by atoms with Gasteiger partial charge in [-0.25, -0.2) is 19.7 Å². The van der Waals surface area contributed by atoms with Crippen molar-refractivity contribution >= 4 is 45.5 Å². The Morgan fingerprint density at radius 1 is 1.29 bits per heavy atom. The maximum atomic E-state index is 12.7. The van der Waals surface area contributed by atoms with Crippen LogP contribution >= 0.6 is 11.6 Å². The van der Waals surface area contributed by atoms with Gasteiger partial charge in [0.1, 0.15) is 30.0 Å². The fourth-order valence-electron chi connectivity index (χ4n) is 4.89. The van der Waals surface area contributed by atoms with Crippen molar-refractivity contribution in [1.29, 1.82) is 0 Å². The molecular weight excluding hydrogens is 473 g/mol. The second-order valence-electron chi connectivity index (χ2n) is 8.68. The minimum absolute atomic E-state index is 0.0513. The van der Waals surface area contributed by atoms with Gasteiger partial charge in [0, 0.05) is 29.4 Å². The summed E-state index contributed by atoms with van der Waals surface area (Å²) >= 11 is 6.75. The number of carbonyl (C=O) groups excluding carboxylic acids is 1. The van der Waals surface area contributed by atoms with Gasteiger partial charge in [0.25, 0.3) is 0 Å². The Bertz CT molecular complexity index is 1470. The standard InChI is InChI=1S/C21H18ClF3N8O/c22-14-10-2-1-5-27-17(10)31-15(14)12-11-6-32(19(34)28-7-21(23,24)25)8-20(3-4-20)33(11)18-13(12)16(26)29-9-30-18/h1-2,5,9H,3-4,6-8H2,(H,27,31)(H,28,34)(H2,26,29,30). The monoisotopic (exact) mass is 490 g/mol. The van der Waals surface area contributed by atoms with E-state index in [9.17, 15) is 18.0 Å². The molecule has 9 nitrogen and oxygen atoms in total. The number of nitrogens with one attached hydrogen (secondary N) is 2. The quantitative estimate of drug-likeness (QED) is 0.395. The number of rotatable bonds is 2. The van der Waals surface area contributed by atoms with Crippen molar-refractivity contribution in [3.63, 3.8) is 0 Å². The van der Waals surface area contributed by atoms with Crippen molar-refractivity contribution in [3.8, 4) is 11.3 Å². The molecule has 4 N–H and O–H groups in total. The normalized spacial score (nSPS) is 16.9. The molecule has 34 heavy (non-hydrogen) atoms. The van der Waals surface area contributed by atoms with E-state index in [4.69, 9.17) is 17.3 Å². The Labute approximate surface area is 195 Å². The van der Waals surface area contributed by atoms with Crippen LogP contribution in [0.2, 0.25) is 5.02 Å². The number of urea groups is 1. The Kier molecular flexibility index (Phi) is 4.32. The number of H-pyrrole nitrogens is 1. The van der Waals surface area contributed by atoms with E-state index in [0.717, 1.165) is 12.8 Å². The largest absolute Gasteiger partial charge is 0.405 e. The van der Waals surface area contributed by atoms with Crippen LogP contribution in [0.25, 0.3) is 33.3 Å². The number of nitrogens with two attached hydrogens (primary N) is 1. The lowest BCUT2D eigenvalue weighted by Gasteiger charge is -2.36. The minimum atomic E-state index is -4.50. The third kappa shape index (κ3) is 3.08. The van der Waals surface area contributed by atoms with Gasteiger partial charge in [0.15, 0.2) is 0 Å². The summed E-state index contributed by atoms with van der Waals surface area (Å²) in [6.45, 7) is -1.09. The van der Waals surface area contributed by atoms with Gasteiger partial charge in [-0.2, -0.15) is 13.2 Å². The van der Waals surface area contributed by atoms with Gasteiger partial charge in [-0.1, -0.05) is 11.6 Å². The molecule has 4 aromatic heterocycles. The SMILES string of the molecule is Nc1ncnc2c1c(-c1[nH]c3ncccc3c1Cl)c1n2C2(CC2)CN(C(=O)NCC(F)(F)F)C1. The van der Waals surface area contributed by atoms with Gasteiger partial charge in [0.2, 0.25) is 0 Å². The number of hydrogen-bond acceptors (Lipinski definition) is 5. The zero-order valence-corrected chi connectivity index (χ0v) is 18.3. The summed E-state index contributed by atoms with van der Waals surface area (Å²) in [7, 11) is 0. The predicted molar refractivity (Wildman–Crippen MR) is 119 cm³/mol. The van der Waals surface area contributed by atoms with Crippen LogP contribution in [0.5, 0.6) is 0 Å². The molecule has 2 aliphatic rings. The van der Waals surface area contributed by atoms with Crippen LogP contribution in [-0.2, 0) is 12.1 Å². The smallest absolute Gasteiger partial charge is 0.383 e. The molecule has 1 aliphatic heterocycles. The van der Waals surface area contributed by atoms with Gasteiger partial charge in [-0.15, -0.1) is 0 Å². The molecule has 1 aliphatic carbocycles. The molecule has 0 bridgehead atoms. The third-order valence-electron chi connectivity index (χ3n) is 6.49. The summed E-state index contributed by atoms with van der Waals surface area (Å²) in [5, 5.41) is 3.69. The number of nitrogen functional groups attached to an aromatic ring is 1. The summed E-state index contributed by atoms with van der Waals surface area (Å²) in [6, 6.07) is 2.81. The summed E-state index contributed by atoms with van der Waals surface area (Å²) in [6.07, 6.45) is 0.00522. The first-order valence-corrected chi connectivity index (χ1v) is 10.9. The van der Waals surface area contributed by atoms with Crippen molar-refractivity contribution < 1.29 is 18.0 Å². The van der Waals surface area contributed by atoms with Crippen LogP contribution in [0.15, 0.2) is 24.7 Å². The molecule has 2 amide bonds. The first kappa shape index (κ1) is 21.0. The molecule has 1 saturated carbocycles. The van der Waals surface area contributed by atoms with Crippen molar-refractivity contribution in [2.24, 2.45) is 0 Å². The highest BCUT2D eigenvalue weighted by molar-refractivity contribution is 6.38. The molecule has 1 fully saturated rings. The number of pyridine rings is 1. The lowest BCUT2D eigenvalue weighted by Crippen LogP contribution is -2.50. The van der Waals surface area contributed by atoms with Crippen LogP contribution in [0, 0.1) is 0 Å². The molecule has 0 radical (unpaired) electrons. The summed E-state index contributed by atoms with van der Waals surface area (Å²) in [4.78, 5) is 30.3. The lowest BCUT2D eigenvalue weighted by molar-refractivity contribution is -0.123. The number of halogens is 4. The number of carbonyl (C=O) groups is 1. The second-order valence-corrected chi connectivity index (χ2v) is 9.06. The Balaban J connectivity index is 1.55. The van der Waals surface area contributed by atoms with Crippen LogP contribution < -0.4 is 11.1 Å². The van der Waals surface area contributed by atoms with Gasteiger partial charge in [-0.05, 0) is 25.0 Å². The fourth-order valence-corrected chi connectivity index (χ4v) is 5.19. The van der Waals surface area contributed by atoms with E-state index in [2.05, 4.69) is 24.5 Å². The average Bonchev–Trinajstić information content (AvgIpc) is 3.34. The highest BCUT2D eigenvalue weighted by Crippen LogP contribution is 2.53. The number of aromatic amines is 1. The molecule has 176 valence electrons. The molecule has 4 aromatic rings. The Morgan fingerprint density at radius 3 is 2.79 bits per heavy atom.